The highest BCUT2D eigenvalue weighted by Crippen LogP contribution is 2.48. The molecule has 1 aromatic rings. The maximum atomic E-state index is 13.4. The first-order valence-electron chi connectivity index (χ1n) is 6.89. The molecule has 1 heterocycles. The van der Waals surface area contributed by atoms with E-state index < -0.39 is 30.0 Å². The highest BCUT2D eigenvalue weighted by Gasteiger charge is 2.66. The maximum absolute atomic E-state index is 13.4. The number of nitrogens with one attached hydrogen (secondary N) is 1. The predicted molar refractivity (Wildman–Crippen MR) is 73.8 cm³/mol. The average Bonchev–Trinajstić information content (AvgIpc) is 2.80. The van der Waals surface area contributed by atoms with Crippen molar-refractivity contribution in [3.8, 4) is 5.75 Å². The van der Waals surface area contributed by atoms with Crippen LogP contribution in [0.15, 0.2) is 12.1 Å². The third kappa shape index (κ3) is 2.54. The molecule has 122 valence electrons. The van der Waals surface area contributed by atoms with Crippen LogP contribution in [0.3, 0.4) is 0 Å². The fraction of sp³-hybridized carbons (Fsp3) is 0.533. The van der Waals surface area contributed by atoms with Gasteiger partial charge in [-0.3, -0.25) is 4.79 Å². The van der Waals surface area contributed by atoms with Crippen LogP contribution in [-0.4, -0.2) is 35.4 Å². The van der Waals surface area contributed by atoms with E-state index in [9.17, 15) is 28.2 Å². The standard InChI is InChI=1S/C15H18F3NO3/c1-8-3-10(12(20)4-9(8)2)5-11-6-19-7-14(11,13(21)22)15(16,17)18/h3-4,11,19-20H,5-7H2,1-2H3,(H,21,22)/t11-,14+/m1/s1. The summed E-state index contributed by atoms with van der Waals surface area (Å²) < 4.78 is 40.1. The minimum atomic E-state index is -4.86. The Bertz CT molecular complexity index is 600. The molecule has 0 amide bonds. The Morgan fingerprint density at radius 1 is 1.36 bits per heavy atom. The molecule has 1 aliphatic rings. The van der Waals surface area contributed by atoms with Crippen LogP contribution < -0.4 is 5.32 Å². The fourth-order valence-electron chi connectivity index (χ4n) is 3.00. The summed E-state index contributed by atoms with van der Waals surface area (Å²) in [5, 5.41) is 21.7. The van der Waals surface area contributed by atoms with E-state index in [0.29, 0.717) is 5.56 Å². The van der Waals surface area contributed by atoms with Crippen molar-refractivity contribution >= 4 is 5.97 Å². The fourth-order valence-corrected chi connectivity index (χ4v) is 3.00. The minimum Gasteiger partial charge on any atom is -0.508 e. The Kier molecular flexibility index (Phi) is 4.12. The zero-order chi connectivity index (χ0) is 16.7. The second-order valence-electron chi connectivity index (χ2n) is 5.87. The van der Waals surface area contributed by atoms with Crippen LogP contribution in [0, 0.1) is 25.2 Å². The maximum Gasteiger partial charge on any atom is 0.406 e. The quantitative estimate of drug-likeness (QED) is 0.801. The van der Waals surface area contributed by atoms with Crippen molar-refractivity contribution in [2.24, 2.45) is 11.3 Å². The number of halogens is 3. The number of rotatable bonds is 3. The molecule has 0 aromatic heterocycles. The summed E-state index contributed by atoms with van der Waals surface area (Å²) in [6.45, 7) is 2.87. The van der Waals surface area contributed by atoms with Gasteiger partial charge in [-0.15, -0.1) is 0 Å². The number of hydrogen-bond donors (Lipinski definition) is 3. The molecular formula is C15H18F3NO3. The van der Waals surface area contributed by atoms with Gasteiger partial charge in [-0.1, -0.05) is 6.07 Å². The molecule has 0 aliphatic carbocycles. The summed E-state index contributed by atoms with van der Waals surface area (Å²) in [6.07, 6.45) is -5.01. The molecule has 0 bridgehead atoms. The minimum absolute atomic E-state index is 0.0574. The number of hydrogen-bond acceptors (Lipinski definition) is 3. The number of phenols is 1. The molecule has 0 spiro atoms. The van der Waals surface area contributed by atoms with Crippen molar-refractivity contribution in [2.75, 3.05) is 13.1 Å². The summed E-state index contributed by atoms with van der Waals surface area (Å²) in [5.41, 5.74) is -0.817. The third-order valence-corrected chi connectivity index (χ3v) is 4.54. The SMILES string of the molecule is Cc1cc(O)c(C[C@@H]2CNC[C@]2(C(=O)O)C(F)(F)F)cc1C. The average molecular weight is 317 g/mol. The summed E-state index contributed by atoms with van der Waals surface area (Å²) in [5.74, 6) is -3.15. The molecule has 2 rings (SSSR count). The molecule has 0 saturated carbocycles. The van der Waals surface area contributed by atoms with Crippen molar-refractivity contribution in [1.29, 1.82) is 0 Å². The molecular weight excluding hydrogens is 299 g/mol. The summed E-state index contributed by atoms with van der Waals surface area (Å²) in [4.78, 5) is 11.4. The first kappa shape index (κ1) is 16.6. The van der Waals surface area contributed by atoms with Crippen molar-refractivity contribution in [3.05, 3.63) is 28.8 Å². The Balaban J connectivity index is 2.40. The largest absolute Gasteiger partial charge is 0.508 e. The number of benzene rings is 1. The van der Waals surface area contributed by atoms with E-state index in [2.05, 4.69) is 5.32 Å². The second kappa shape index (κ2) is 5.46. The highest BCUT2D eigenvalue weighted by atomic mass is 19.4. The van der Waals surface area contributed by atoms with Gasteiger partial charge in [-0.05, 0) is 49.6 Å². The topological polar surface area (TPSA) is 69.6 Å². The molecule has 3 N–H and O–H groups in total. The van der Waals surface area contributed by atoms with Gasteiger partial charge in [0, 0.05) is 12.5 Å². The van der Waals surface area contributed by atoms with E-state index >= 15 is 0 Å². The van der Waals surface area contributed by atoms with Crippen LogP contribution in [0.4, 0.5) is 13.2 Å². The Labute approximate surface area is 126 Å². The van der Waals surface area contributed by atoms with Crippen molar-refractivity contribution < 1.29 is 28.2 Å². The van der Waals surface area contributed by atoms with Crippen molar-refractivity contribution in [1.82, 2.24) is 5.32 Å². The first-order valence-corrected chi connectivity index (χ1v) is 6.89. The third-order valence-electron chi connectivity index (χ3n) is 4.54. The molecule has 1 fully saturated rings. The van der Waals surface area contributed by atoms with Gasteiger partial charge in [0.25, 0.3) is 0 Å². The van der Waals surface area contributed by atoms with Gasteiger partial charge in [0.05, 0.1) is 0 Å². The number of aliphatic carboxylic acids is 1. The van der Waals surface area contributed by atoms with Crippen LogP contribution in [-0.2, 0) is 11.2 Å². The molecule has 2 atom stereocenters. The number of carboxylic acids is 1. The monoisotopic (exact) mass is 317 g/mol. The summed E-state index contributed by atoms with van der Waals surface area (Å²) in [7, 11) is 0. The first-order chi connectivity index (χ1) is 10.1. The zero-order valence-corrected chi connectivity index (χ0v) is 12.3. The number of carbonyl (C=O) groups is 1. The lowest BCUT2D eigenvalue weighted by Gasteiger charge is -2.32. The number of aryl methyl sites for hydroxylation is 2. The van der Waals surface area contributed by atoms with Crippen molar-refractivity contribution in [3.63, 3.8) is 0 Å². The van der Waals surface area contributed by atoms with E-state index in [1.165, 1.54) is 6.07 Å². The van der Waals surface area contributed by atoms with Crippen LogP contribution >= 0.6 is 0 Å². The molecule has 22 heavy (non-hydrogen) atoms. The Hall–Kier alpha value is -1.76. The predicted octanol–water partition coefficient (Wildman–Crippen LogP) is 2.40. The van der Waals surface area contributed by atoms with Gasteiger partial charge in [-0.25, -0.2) is 0 Å². The van der Waals surface area contributed by atoms with E-state index in [0.717, 1.165) is 11.1 Å². The number of aromatic hydroxyl groups is 1. The van der Waals surface area contributed by atoms with E-state index in [-0.39, 0.29) is 18.7 Å². The summed E-state index contributed by atoms with van der Waals surface area (Å²) in [6, 6.07) is 3.11. The lowest BCUT2D eigenvalue weighted by molar-refractivity contribution is -0.236. The van der Waals surface area contributed by atoms with Crippen molar-refractivity contribution in [2.45, 2.75) is 26.4 Å². The van der Waals surface area contributed by atoms with Gasteiger partial charge >= 0.3 is 12.1 Å². The molecule has 0 unspecified atom stereocenters. The molecule has 4 nitrogen and oxygen atoms in total. The lowest BCUT2D eigenvalue weighted by Crippen LogP contribution is -2.51. The van der Waals surface area contributed by atoms with Crippen LogP contribution in [0.1, 0.15) is 16.7 Å². The molecule has 0 radical (unpaired) electrons. The molecule has 1 aliphatic heterocycles. The Morgan fingerprint density at radius 2 is 1.95 bits per heavy atom. The smallest absolute Gasteiger partial charge is 0.406 e. The molecule has 1 aromatic carbocycles. The highest BCUT2D eigenvalue weighted by molar-refractivity contribution is 5.77. The van der Waals surface area contributed by atoms with Gasteiger partial charge in [0.2, 0.25) is 0 Å². The van der Waals surface area contributed by atoms with Gasteiger partial charge in [0.1, 0.15) is 5.75 Å². The zero-order valence-electron chi connectivity index (χ0n) is 12.3. The number of carboxylic acid groups (broad SMARTS) is 1. The normalized spacial score (nSPS) is 25.4. The number of phenolic OH excluding ortho intramolecular Hbond substituents is 1. The molecule has 7 heteroatoms. The van der Waals surface area contributed by atoms with E-state index in [1.807, 2.05) is 0 Å². The van der Waals surface area contributed by atoms with Gasteiger partial charge < -0.3 is 15.5 Å². The Morgan fingerprint density at radius 3 is 2.50 bits per heavy atom. The molecule has 1 saturated heterocycles. The summed E-state index contributed by atoms with van der Waals surface area (Å²) >= 11 is 0. The van der Waals surface area contributed by atoms with Gasteiger partial charge in [-0.2, -0.15) is 13.2 Å². The van der Waals surface area contributed by atoms with Crippen LogP contribution in [0.25, 0.3) is 0 Å². The van der Waals surface area contributed by atoms with E-state index in [1.54, 1.807) is 19.9 Å². The number of alkyl halides is 3. The van der Waals surface area contributed by atoms with Gasteiger partial charge in [0.15, 0.2) is 5.41 Å². The second-order valence-corrected chi connectivity index (χ2v) is 5.87. The van der Waals surface area contributed by atoms with Crippen LogP contribution in [0.2, 0.25) is 0 Å². The van der Waals surface area contributed by atoms with E-state index in [4.69, 9.17) is 0 Å². The lowest BCUT2D eigenvalue weighted by atomic mass is 9.74. The van der Waals surface area contributed by atoms with Crippen LogP contribution in [0.5, 0.6) is 5.75 Å².